The molecule has 1 aliphatic heterocycles. The molecule has 0 spiro atoms. The number of aliphatic imine (C=N–C) groups is 1. The van der Waals surface area contributed by atoms with Gasteiger partial charge >= 0.3 is 13.3 Å². The van der Waals surface area contributed by atoms with Crippen LogP contribution in [-0.4, -0.2) is 52.9 Å². The molecule has 0 aromatic heterocycles. The fourth-order valence-electron chi connectivity index (χ4n) is 1.91. The maximum absolute atomic E-state index is 10.2. The van der Waals surface area contributed by atoms with Crippen LogP contribution in [0.4, 0.5) is 0 Å². The Bertz CT molecular complexity index is 270. The fourth-order valence-corrected chi connectivity index (χ4v) is 1.91. The van der Waals surface area contributed by atoms with Crippen molar-refractivity contribution in [2.45, 2.75) is 71.1 Å². The molecule has 23 heavy (non-hydrogen) atoms. The number of hydrogen-bond donors (Lipinski definition) is 5. The van der Waals surface area contributed by atoms with Crippen LogP contribution in [0, 0.1) is 0 Å². The number of carbonyl (C=O) groups is 1. The van der Waals surface area contributed by atoms with Crippen LogP contribution in [0.15, 0.2) is 4.99 Å². The molecule has 0 saturated carbocycles. The summed E-state index contributed by atoms with van der Waals surface area (Å²) < 4.78 is 0. The Morgan fingerprint density at radius 3 is 1.83 bits per heavy atom. The Morgan fingerprint density at radius 2 is 1.52 bits per heavy atom. The average Bonchev–Trinajstić information content (AvgIpc) is 3.04. The first-order chi connectivity index (χ1) is 11.0. The predicted molar refractivity (Wildman–Crippen MR) is 93.3 cm³/mol. The number of unbranched alkanes of at least 4 members (excludes halogenated alkanes) is 8. The van der Waals surface area contributed by atoms with Crippen LogP contribution in [-0.2, 0) is 4.79 Å². The third-order valence-electron chi connectivity index (χ3n) is 3.06. The summed E-state index contributed by atoms with van der Waals surface area (Å²) in [4.78, 5) is 14.1. The van der Waals surface area contributed by atoms with Crippen LogP contribution >= 0.6 is 0 Å². The summed E-state index contributed by atoms with van der Waals surface area (Å²) in [5, 5.41) is 32.8. The average molecular weight is 332 g/mol. The molecule has 0 unspecified atom stereocenters. The molecule has 8 heteroatoms. The van der Waals surface area contributed by atoms with E-state index in [0.717, 1.165) is 25.9 Å². The Labute approximate surface area is 140 Å². The lowest BCUT2D eigenvalue weighted by atomic mass is 10.1. The van der Waals surface area contributed by atoms with E-state index in [9.17, 15) is 4.79 Å². The van der Waals surface area contributed by atoms with Crippen molar-refractivity contribution >= 4 is 19.6 Å². The number of carboxylic acid groups (broad SMARTS) is 1. The molecule has 0 aromatic carbocycles. The SMILES string of the molecule is C1=NCCN1.CCCCCCCCCCCC(=O)O.OB(O)O. The van der Waals surface area contributed by atoms with Crippen molar-refractivity contribution in [2.24, 2.45) is 4.99 Å². The van der Waals surface area contributed by atoms with Crippen molar-refractivity contribution in [1.29, 1.82) is 0 Å². The van der Waals surface area contributed by atoms with Gasteiger partial charge in [0.05, 0.1) is 12.9 Å². The largest absolute Gasteiger partial charge is 0.631 e. The summed E-state index contributed by atoms with van der Waals surface area (Å²) in [5.74, 6) is -0.659. The van der Waals surface area contributed by atoms with Gasteiger partial charge in [-0.25, -0.2) is 0 Å². The predicted octanol–water partition coefficient (Wildman–Crippen LogP) is 1.56. The van der Waals surface area contributed by atoms with Gasteiger partial charge in [0, 0.05) is 13.0 Å². The number of aliphatic carboxylic acids is 1. The second-order valence-corrected chi connectivity index (χ2v) is 5.31. The van der Waals surface area contributed by atoms with Gasteiger partial charge in [-0.05, 0) is 6.42 Å². The van der Waals surface area contributed by atoms with Crippen molar-refractivity contribution in [3.05, 3.63) is 0 Å². The second kappa shape index (κ2) is 20.9. The number of hydrogen-bond acceptors (Lipinski definition) is 6. The van der Waals surface area contributed by atoms with Gasteiger partial charge in [0.15, 0.2) is 0 Å². The van der Waals surface area contributed by atoms with Gasteiger partial charge in [-0.3, -0.25) is 9.79 Å². The Kier molecular flexibility index (Phi) is 21.9. The Balaban J connectivity index is 0. The summed E-state index contributed by atoms with van der Waals surface area (Å²) in [6.45, 7) is 4.21. The standard InChI is InChI=1S/C12H24O2.C3H6N2.BH3O3/c1-2-3-4-5-6-7-8-9-10-11-12(13)14;1-2-5-3-4-1;2-1(3)4/h2-11H2,1H3,(H,13,14);3H,1-2H2,(H,4,5);2-4H. The summed E-state index contributed by atoms with van der Waals surface area (Å²) >= 11 is 0. The normalized spacial score (nSPS) is 11.7. The van der Waals surface area contributed by atoms with E-state index in [0.29, 0.717) is 6.42 Å². The summed E-state index contributed by atoms with van der Waals surface area (Å²) in [7, 11) is -2.17. The first kappa shape index (κ1) is 24.1. The summed E-state index contributed by atoms with van der Waals surface area (Å²) in [6, 6.07) is 0. The number of carboxylic acids is 1. The minimum Gasteiger partial charge on any atom is -0.481 e. The number of nitrogens with zero attached hydrogens (tertiary/aromatic N) is 1. The molecule has 0 fully saturated rings. The first-order valence-electron chi connectivity index (χ1n) is 8.48. The maximum Gasteiger partial charge on any atom is 0.631 e. The molecule has 1 heterocycles. The van der Waals surface area contributed by atoms with Crippen LogP contribution in [0.2, 0.25) is 0 Å². The van der Waals surface area contributed by atoms with E-state index in [2.05, 4.69) is 17.2 Å². The van der Waals surface area contributed by atoms with E-state index in [4.69, 9.17) is 20.2 Å². The zero-order valence-corrected chi connectivity index (χ0v) is 14.3. The molecule has 136 valence electrons. The lowest BCUT2D eigenvalue weighted by Gasteiger charge is -2.00. The number of rotatable bonds is 10. The van der Waals surface area contributed by atoms with Crippen LogP contribution < -0.4 is 5.32 Å². The molecule has 0 aliphatic carbocycles. The van der Waals surface area contributed by atoms with E-state index >= 15 is 0 Å². The van der Waals surface area contributed by atoms with Gasteiger partial charge in [-0.15, -0.1) is 0 Å². The van der Waals surface area contributed by atoms with Crippen LogP contribution in [0.3, 0.4) is 0 Å². The smallest absolute Gasteiger partial charge is 0.481 e. The van der Waals surface area contributed by atoms with E-state index in [1.807, 2.05) is 0 Å². The summed E-state index contributed by atoms with van der Waals surface area (Å²) in [6.07, 6.45) is 13.2. The van der Waals surface area contributed by atoms with Gasteiger partial charge in [-0.2, -0.15) is 0 Å². The highest BCUT2D eigenvalue weighted by molar-refractivity contribution is 6.30. The van der Waals surface area contributed by atoms with Gasteiger partial charge in [0.25, 0.3) is 0 Å². The maximum atomic E-state index is 10.2. The van der Waals surface area contributed by atoms with E-state index in [-0.39, 0.29) is 0 Å². The van der Waals surface area contributed by atoms with E-state index in [1.54, 1.807) is 6.34 Å². The van der Waals surface area contributed by atoms with Crippen molar-refractivity contribution in [3.8, 4) is 0 Å². The van der Waals surface area contributed by atoms with Gasteiger partial charge in [0.2, 0.25) is 0 Å². The lowest BCUT2D eigenvalue weighted by Crippen LogP contribution is -2.07. The molecule has 0 bridgehead atoms. The second-order valence-electron chi connectivity index (χ2n) is 5.31. The number of nitrogens with one attached hydrogen (secondary N) is 1. The third kappa shape index (κ3) is 33.6. The van der Waals surface area contributed by atoms with Crippen LogP contribution in [0.25, 0.3) is 0 Å². The van der Waals surface area contributed by atoms with Gasteiger partial charge in [-0.1, -0.05) is 58.3 Å². The highest BCUT2D eigenvalue weighted by Crippen LogP contribution is 2.10. The Morgan fingerprint density at radius 1 is 1.04 bits per heavy atom. The third-order valence-corrected chi connectivity index (χ3v) is 3.06. The van der Waals surface area contributed by atoms with Crippen molar-refractivity contribution in [1.82, 2.24) is 5.32 Å². The molecule has 5 N–H and O–H groups in total. The van der Waals surface area contributed by atoms with Gasteiger partial charge < -0.3 is 25.5 Å². The molecular formula is C15H33BN2O5. The van der Waals surface area contributed by atoms with Crippen molar-refractivity contribution in [2.75, 3.05) is 13.1 Å². The van der Waals surface area contributed by atoms with Crippen molar-refractivity contribution in [3.63, 3.8) is 0 Å². The first-order valence-corrected chi connectivity index (χ1v) is 8.48. The quantitative estimate of drug-likeness (QED) is 0.306. The molecule has 0 radical (unpaired) electrons. The lowest BCUT2D eigenvalue weighted by molar-refractivity contribution is -0.137. The van der Waals surface area contributed by atoms with Gasteiger partial charge in [0.1, 0.15) is 0 Å². The minimum atomic E-state index is -2.17. The van der Waals surface area contributed by atoms with E-state index in [1.165, 1.54) is 44.9 Å². The molecule has 0 aromatic rings. The van der Waals surface area contributed by atoms with E-state index < -0.39 is 13.3 Å². The fraction of sp³-hybridized carbons (Fsp3) is 0.867. The van der Waals surface area contributed by atoms with Crippen molar-refractivity contribution < 1.29 is 25.0 Å². The molecule has 1 rings (SSSR count). The molecule has 0 saturated heterocycles. The summed E-state index contributed by atoms with van der Waals surface area (Å²) in [5.41, 5.74) is 0. The zero-order valence-electron chi connectivity index (χ0n) is 14.3. The molecule has 0 atom stereocenters. The van der Waals surface area contributed by atoms with Crippen LogP contribution in [0.5, 0.6) is 0 Å². The topological polar surface area (TPSA) is 122 Å². The molecule has 0 amide bonds. The molecular weight excluding hydrogens is 299 g/mol. The van der Waals surface area contributed by atoms with Crippen LogP contribution in [0.1, 0.15) is 71.1 Å². The minimum absolute atomic E-state index is 0.343. The molecule has 7 nitrogen and oxygen atoms in total. The highest BCUT2D eigenvalue weighted by atomic mass is 16.5. The monoisotopic (exact) mass is 332 g/mol. The highest BCUT2D eigenvalue weighted by Gasteiger charge is 1.96. The molecule has 1 aliphatic rings. The zero-order chi connectivity index (χ0) is 17.8. The Hall–Kier alpha value is -1.12.